The van der Waals surface area contributed by atoms with Crippen molar-refractivity contribution in [1.29, 1.82) is 0 Å². The first-order chi connectivity index (χ1) is 10.1. The van der Waals surface area contributed by atoms with Crippen molar-refractivity contribution in [2.45, 2.75) is 77.7 Å². The summed E-state index contributed by atoms with van der Waals surface area (Å²) in [5.41, 5.74) is -0.909. The van der Waals surface area contributed by atoms with Gasteiger partial charge in [-0.25, -0.2) is 0 Å². The van der Waals surface area contributed by atoms with Crippen LogP contribution < -0.4 is 0 Å². The fraction of sp³-hybridized carbons (Fsp3) is 1.00. The van der Waals surface area contributed by atoms with Gasteiger partial charge in [0.2, 0.25) is 0 Å². The molecular formula is C17H36O4. The van der Waals surface area contributed by atoms with Crippen LogP contribution >= 0.6 is 0 Å². The summed E-state index contributed by atoms with van der Waals surface area (Å²) >= 11 is 0. The quantitative estimate of drug-likeness (QED) is 0.407. The Bertz CT molecular complexity index is 209. The van der Waals surface area contributed by atoms with Crippen LogP contribution in [0.3, 0.4) is 0 Å². The Hall–Kier alpha value is -0.160. The lowest BCUT2D eigenvalue weighted by atomic mass is 9.92. The van der Waals surface area contributed by atoms with Gasteiger partial charge in [0.25, 0.3) is 0 Å². The molecule has 0 aliphatic carbocycles. The first-order valence-electron chi connectivity index (χ1n) is 8.58. The molecule has 0 amide bonds. The third kappa shape index (κ3) is 10.2. The molecule has 1 unspecified atom stereocenters. The van der Waals surface area contributed by atoms with Crippen LogP contribution in [-0.2, 0) is 4.74 Å². The van der Waals surface area contributed by atoms with Crippen molar-refractivity contribution in [3.63, 3.8) is 0 Å². The van der Waals surface area contributed by atoms with Gasteiger partial charge in [0, 0.05) is 0 Å². The van der Waals surface area contributed by atoms with Crippen LogP contribution in [0, 0.1) is 5.41 Å². The van der Waals surface area contributed by atoms with Gasteiger partial charge in [-0.05, 0) is 13.3 Å². The lowest BCUT2D eigenvalue weighted by Crippen LogP contribution is -2.39. The van der Waals surface area contributed by atoms with Gasteiger partial charge in [0.1, 0.15) is 0 Å². The largest absolute Gasteiger partial charge is 0.396 e. The molecule has 1 atom stereocenters. The second-order valence-electron chi connectivity index (χ2n) is 6.36. The Kier molecular flexibility index (Phi) is 13.4. The highest BCUT2D eigenvalue weighted by atomic mass is 16.5. The predicted octanol–water partition coefficient (Wildman–Crippen LogP) is 2.89. The average Bonchev–Trinajstić information content (AvgIpc) is 2.52. The molecule has 0 aliphatic heterocycles. The minimum atomic E-state index is -0.909. The van der Waals surface area contributed by atoms with E-state index in [4.69, 9.17) is 4.74 Å². The lowest BCUT2D eigenvalue weighted by Gasteiger charge is -2.28. The summed E-state index contributed by atoms with van der Waals surface area (Å²) in [6, 6.07) is 0. The monoisotopic (exact) mass is 304 g/mol. The van der Waals surface area contributed by atoms with Gasteiger partial charge in [-0.15, -0.1) is 0 Å². The molecule has 0 aromatic heterocycles. The molecule has 0 aromatic rings. The summed E-state index contributed by atoms with van der Waals surface area (Å²) in [5.74, 6) is 0. The number of hydrogen-bond donors (Lipinski definition) is 3. The number of rotatable bonds is 15. The second kappa shape index (κ2) is 13.5. The summed E-state index contributed by atoms with van der Waals surface area (Å²) in [4.78, 5) is 0. The number of unbranched alkanes of at least 4 members (excludes halogenated alkanes) is 7. The van der Waals surface area contributed by atoms with E-state index < -0.39 is 5.41 Å². The van der Waals surface area contributed by atoms with E-state index in [1.165, 1.54) is 44.9 Å². The highest BCUT2D eigenvalue weighted by molar-refractivity contribution is 4.76. The standard InChI is InChI=1S/C17H36O4/c1-3-4-5-6-7-8-9-10-11-16(2)21-15-17(12-18,13-19)14-20/h16,18-20H,3-15H2,1-2H3. The van der Waals surface area contributed by atoms with Gasteiger partial charge in [-0.3, -0.25) is 0 Å². The maximum absolute atomic E-state index is 9.22. The van der Waals surface area contributed by atoms with E-state index in [-0.39, 0.29) is 32.5 Å². The number of hydrogen-bond acceptors (Lipinski definition) is 4. The highest BCUT2D eigenvalue weighted by Crippen LogP contribution is 2.18. The van der Waals surface area contributed by atoms with E-state index >= 15 is 0 Å². The molecule has 0 heterocycles. The molecule has 0 radical (unpaired) electrons. The molecule has 0 fully saturated rings. The molecule has 4 heteroatoms. The SMILES string of the molecule is CCCCCCCCCCC(C)OCC(CO)(CO)CO. The van der Waals surface area contributed by atoms with Crippen LogP contribution in [0.1, 0.15) is 71.6 Å². The summed E-state index contributed by atoms with van der Waals surface area (Å²) < 4.78 is 5.66. The fourth-order valence-corrected chi connectivity index (χ4v) is 2.25. The van der Waals surface area contributed by atoms with E-state index in [1.807, 2.05) is 6.92 Å². The van der Waals surface area contributed by atoms with Crippen LogP contribution in [-0.4, -0.2) is 47.9 Å². The Balaban J connectivity index is 3.56. The van der Waals surface area contributed by atoms with Crippen molar-refractivity contribution in [2.75, 3.05) is 26.4 Å². The molecule has 0 rings (SSSR count). The van der Waals surface area contributed by atoms with Crippen molar-refractivity contribution in [3.8, 4) is 0 Å². The molecule has 0 saturated carbocycles. The van der Waals surface area contributed by atoms with Gasteiger partial charge in [-0.1, -0.05) is 58.3 Å². The van der Waals surface area contributed by atoms with E-state index in [9.17, 15) is 15.3 Å². The fourth-order valence-electron chi connectivity index (χ4n) is 2.25. The topological polar surface area (TPSA) is 69.9 Å². The Morgan fingerprint density at radius 3 is 1.76 bits per heavy atom. The first-order valence-corrected chi connectivity index (χ1v) is 8.58. The normalized spacial score (nSPS) is 13.6. The average molecular weight is 304 g/mol. The van der Waals surface area contributed by atoms with Crippen molar-refractivity contribution < 1.29 is 20.1 Å². The summed E-state index contributed by atoms with van der Waals surface area (Å²) in [5, 5.41) is 27.7. The highest BCUT2D eigenvalue weighted by Gasteiger charge is 2.29. The predicted molar refractivity (Wildman–Crippen MR) is 86.3 cm³/mol. The lowest BCUT2D eigenvalue weighted by molar-refractivity contribution is -0.0777. The summed E-state index contributed by atoms with van der Waals surface area (Å²) in [7, 11) is 0. The van der Waals surface area contributed by atoms with Crippen LogP contribution in [0.5, 0.6) is 0 Å². The number of ether oxygens (including phenoxy) is 1. The molecule has 0 aliphatic rings. The minimum absolute atomic E-state index is 0.106. The Morgan fingerprint density at radius 2 is 1.29 bits per heavy atom. The molecular weight excluding hydrogens is 268 g/mol. The van der Waals surface area contributed by atoms with E-state index in [2.05, 4.69) is 6.92 Å². The zero-order valence-electron chi connectivity index (χ0n) is 14.0. The molecule has 21 heavy (non-hydrogen) atoms. The van der Waals surface area contributed by atoms with E-state index in [1.54, 1.807) is 0 Å². The second-order valence-corrected chi connectivity index (χ2v) is 6.36. The van der Waals surface area contributed by atoms with Crippen LogP contribution in [0.4, 0.5) is 0 Å². The molecule has 0 aromatic carbocycles. The number of aliphatic hydroxyl groups excluding tert-OH is 3. The summed E-state index contributed by atoms with van der Waals surface area (Å²) in [6.07, 6.45) is 11.5. The molecule has 0 saturated heterocycles. The van der Waals surface area contributed by atoms with Gasteiger partial charge >= 0.3 is 0 Å². The molecule has 0 spiro atoms. The molecule has 0 bridgehead atoms. The van der Waals surface area contributed by atoms with E-state index in [0.717, 1.165) is 12.8 Å². The maximum Gasteiger partial charge on any atom is 0.0629 e. The van der Waals surface area contributed by atoms with Gasteiger partial charge in [0.15, 0.2) is 0 Å². The third-order valence-electron chi connectivity index (χ3n) is 4.14. The van der Waals surface area contributed by atoms with Crippen molar-refractivity contribution in [3.05, 3.63) is 0 Å². The van der Waals surface area contributed by atoms with Crippen LogP contribution in [0.2, 0.25) is 0 Å². The summed E-state index contributed by atoms with van der Waals surface area (Å²) in [6.45, 7) is 3.67. The Morgan fingerprint density at radius 1 is 0.810 bits per heavy atom. The first kappa shape index (κ1) is 20.8. The maximum atomic E-state index is 9.22. The zero-order chi connectivity index (χ0) is 16.0. The van der Waals surface area contributed by atoms with Crippen molar-refractivity contribution in [1.82, 2.24) is 0 Å². The zero-order valence-corrected chi connectivity index (χ0v) is 14.0. The minimum Gasteiger partial charge on any atom is -0.396 e. The van der Waals surface area contributed by atoms with Crippen molar-refractivity contribution >= 4 is 0 Å². The third-order valence-corrected chi connectivity index (χ3v) is 4.14. The van der Waals surface area contributed by atoms with Crippen LogP contribution in [0.25, 0.3) is 0 Å². The molecule has 128 valence electrons. The Labute approximate surface area is 130 Å². The molecule has 3 N–H and O–H groups in total. The van der Waals surface area contributed by atoms with Crippen LogP contribution in [0.15, 0.2) is 0 Å². The number of aliphatic hydroxyl groups is 3. The van der Waals surface area contributed by atoms with E-state index in [0.29, 0.717) is 0 Å². The molecule has 4 nitrogen and oxygen atoms in total. The van der Waals surface area contributed by atoms with Crippen molar-refractivity contribution in [2.24, 2.45) is 5.41 Å². The smallest absolute Gasteiger partial charge is 0.0629 e. The van der Waals surface area contributed by atoms with Gasteiger partial charge < -0.3 is 20.1 Å². The van der Waals surface area contributed by atoms with Gasteiger partial charge in [0.05, 0.1) is 37.9 Å². The van der Waals surface area contributed by atoms with Gasteiger partial charge in [-0.2, -0.15) is 0 Å².